The molecule has 3 heteroatoms. The van der Waals surface area contributed by atoms with Crippen LogP contribution in [0.2, 0.25) is 0 Å². The minimum Gasteiger partial charge on any atom is -0.375 e. The highest BCUT2D eigenvalue weighted by Gasteiger charge is 2.38. The molecule has 19 heavy (non-hydrogen) atoms. The molecule has 3 nitrogen and oxygen atoms in total. The first kappa shape index (κ1) is 13.4. The molecular weight excluding hydrogens is 238 g/mol. The second-order valence-electron chi connectivity index (χ2n) is 6.80. The van der Waals surface area contributed by atoms with E-state index >= 15 is 0 Å². The monoisotopic (exact) mass is 265 g/mol. The Morgan fingerprint density at radius 3 is 2.84 bits per heavy atom. The number of hydrogen-bond acceptors (Lipinski definition) is 2. The maximum Gasteiger partial charge on any atom is 0.222 e. The van der Waals surface area contributed by atoms with Gasteiger partial charge in [0.25, 0.3) is 0 Å². The average Bonchev–Trinajstić information content (AvgIpc) is 3.02. The molecule has 108 valence electrons. The zero-order chi connectivity index (χ0) is 13.2. The highest BCUT2D eigenvalue weighted by Crippen LogP contribution is 2.33. The van der Waals surface area contributed by atoms with Crippen LogP contribution in [0.5, 0.6) is 0 Å². The first-order chi connectivity index (χ1) is 9.22. The molecule has 1 aliphatic carbocycles. The lowest BCUT2D eigenvalue weighted by Gasteiger charge is -2.34. The number of likely N-dealkylation sites (tertiary alicyclic amines) is 1. The Morgan fingerprint density at radius 1 is 1.26 bits per heavy atom. The quantitative estimate of drug-likeness (QED) is 0.785. The molecule has 2 saturated heterocycles. The van der Waals surface area contributed by atoms with Gasteiger partial charge < -0.3 is 9.64 Å². The molecule has 0 aromatic rings. The van der Waals surface area contributed by atoms with Crippen molar-refractivity contribution in [1.82, 2.24) is 4.90 Å². The van der Waals surface area contributed by atoms with E-state index in [1.165, 1.54) is 25.7 Å². The normalized spacial score (nSPS) is 35.6. The zero-order valence-corrected chi connectivity index (χ0v) is 12.1. The fourth-order valence-electron chi connectivity index (χ4n) is 4.21. The molecule has 1 saturated carbocycles. The molecule has 0 aromatic carbocycles. The lowest BCUT2D eigenvalue weighted by atomic mass is 9.92. The van der Waals surface area contributed by atoms with E-state index < -0.39 is 0 Å². The molecule has 2 aliphatic heterocycles. The van der Waals surface area contributed by atoms with Gasteiger partial charge in [-0.15, -0.1) is 0 Å². The molecular formula is C16H27NO2. The second-order valence-corrected chi connectivity index (χ2v) is 6.80. The van der Waals surface area contributed by atoms with Gasteiger partial charge in [-0.05, 0) is 32.1 Å². The average molecular weight is 265 g/mol. The van der Waals surface area contributed by atoms with E-state index in [1.54, 1.807) is 0 Å². The predicted molar refractivity (Wildman–Crippen MR) is 74.8 cm³/mol. The van der Waals surface area contributed by atoms with E-state index in [0.717, 1.165) is 44.7 Å². The van der Waals surface area contributed by atoms with Crippen molar-refractivity contribution in [2.24, 2.45) is 11.8 Å². The fourth-order valence-corrected chi connectivity index (χ4v) is 4.21. The molecule has 3 rings (SSSR count). The van der Waals surface area contributed by atoms with E-state index in [4.69, 9.17) is 4.74 Å². The number of carbonyl (C=O) groups excluding carboxylic acids is 1. The number of nitrogens with zero attached hydrogens (tertiary/aromatic N) is 1. The zero-order valence-electron chi connectivity index (χ0n) is 12.1. The Kier molecular flexibility index (Phi) is 4.11. The molecule has 2 heterocycles. The summed E-state index contributed by atoms with van der Waals surface area (Å²) in [5.74, 6) is 1.82. The second kappa shape index (κ2) is 5.82. The minimum atomic E-state index is 0.392. The summed E-state index contributed by atoms with van der Waals surface area (Å²) in [7, 11) is 0. The first-order valence-electron chi connectivity index (χ1n) is 8.15. The van der Waals surface area contributed by atoms with Gasteiger partial charge in [-0.25, -0.2) is 0 Å². The SMILES string of the molecule is C[C@@H]1C[C@@H]2CN(C(=O)CCC3CCCC3)CC[C@@H]2O1. The highest BCUT2D eigenvalue weighted by atomic mass is 16.5. The van der Waals surface area contributed by atoms with Gasteiger partial charge in [-0.1, -0.05) is 25.7 Å². The Morgan fingerprint density at radius 2 is 2.05 bits per heavy atom. The fraction of sp³-hybridized carbons (Fsp3) is 0.938. The molecule has 1 amide bonds. The summed E-state index contributed by atoms with van der Waals surface area (Å²) < 4.78 is 5.90. The van der Waals surface area contributed by atoms with Crippen molar-refractivity contribution in [1.29, 1.82) is 0 Å². The summed E-state index contributed by atoms with van der Waals surface area (Å²) in [5, 5.41) is 0. The van der Waals surface area contributed by atoms with Crippen LogP contribution in [0.25, 0.3) is 0 Å². The van der Waals surface area contributed by atoms with Gasteiger partial charge in [0, 0.05) is 25.4 Å². The third kappa shape index (κ3) is 3.13. The first-order valence-corrected chi connectivity index (χ1v) is 8.15. The van der Waals surface area contributed by atoms with Crippen LogP contribution in [0.1, 0.15) is 58.3 Å². The summed E-state index contributed by atoms with van der Waals surface area (Å²) in [6, 6.07) is 0. The van der Waals surface area contributed by atoms with Crippen molar-refractivity contribution >= 4 is 5.91 Å². The Balaban J connectivity index is 1.45. The molecule has 3 atom stereocenters. The minimum absolute atomic E-state index is 0.392. The summed E-state index contributed by atoms with van der Waals surface area (Å²) in [6.07, 6.45) is 10.4. The van der Waals surface area contributed by atoms with Crippen LogP contribution in [0.15, 0.2) is 0 Å². The molecule has 3 fully saturated rings. The lowest BCUT2D eigenvalue weighted by molar-refractivity contribution is -0.134. The van der Waals surface area contributed by atoms with Gasteiger partial charge in [0.15, 0.2) is 0 Å². The summed E-state index contributed by atoms with van der Waals surface area (Å²) >= 11 is 0. The maximum atomic E-state index is 12.3. The number of rotatable bonds is 3. The number of hydrogen-bond donors (Lipinski definition) is 0. The van der Waals surface area contributed by atoms with Crippen LogP contribution >= 0.6 is 0 Å². The van der Waals surface area contributed by atoms with Gasteiger partial charge in [0.2, 0.25) is 5.91 Å². The van der Waals surface area contributed by atoms with E-state index in [9.17, 15) is 4.79 Å². The summed E-state index contributed by atoms with van der Waals surface area (Å²) in [5.41, 5.74) is 0. The van der Waals surface area contributed by atoms with Crippen molar-refractivity contribution in [3.05, 3.63) is 0 Å². The van der Waals surface area contributed by atoms with Crippen LogP contribution in [0.3, 0.4) is 0 Å². The van der Waals surface area contributed by atoms with Gasteiger partial charge in [0.1, 0.15) is 0 Å². The van der Waals surface area contributed by atoms with Crippen molar-refractivity contribution in [3.63, 3.8) is 0 Å². The number of amides is 1. The van der Waals surface area contributed by atoms with E-state index in [-0.39, 0.29) is 0 Å². The van der Waals surface area contributed by atoms with Crippen molar-refractivity contribution in [2.75, 3.05) is 13.1 Å². The smallest absolute Gasteiger partial charge is 0.222 e. The predicted octanol–water partition coefficient (Wildman–Crippen LogP) is 2.98. The van der Waals surface area contributed by atoms with E-state index in [2.05, 4.69) is 11.8 Å². The van der Waals surface area contributed by atoms with E-state index in [0.29, 0.717) is 24.0 Å². The molecule has 3 aliphatic rings. The molecule has 0 bridgehead atoms. The van der Waals surface area contributed by atoms with Crippen molar-refractivity contribution in [2.45, 2.75) is 70.5 Å². The van der Waals surface area contributed by atoms with Gasteiger partial charge in [-0.2, -0.15) is 0 Å². The highest BCUT2D eigenvalue weighted by molar-refractivity contribution is 5.76. The molecule has 0 N–H and O–H groups in total. The molecule has 0 spiro atoms. The van der Waals surface area contributed by atoms with Crippen LogP contribution in [0, 0.1) is 11.8 Å². The molecule has 0 radical (unpaired) electrons. The number of carbonyl (C=O) groups is 1. The van der Waals surface area contributed by atoms with Gasteiger partial charge in [0.05, 0.1) is 12.2 Å². The Bertz CT molecular complexity index is 325. The largest absolute Gasteiger partial charge is 0.375 e. The molecule has 0 aromatic heterocycles. The van der Waals surface area contributed by atoms with Crippen LogP contribution in [-0.2, 0) is 9.53 Å². The van der Waals surface area contributed by atoms with Crippen LogP contribution in [-0.4, -0.2) is 36.1 Å². The van der Waals surface area contributed by atoms with E-state index in [1.807, 2.05) is 0 Å². The van der Waals surface area contributed by atoms with Crippen LogP contribution < -0.4 is 0 Å². The topological polar surface area (TPSA) is 29.5 Å². The lowest BCUT2D eigenvalue weighted by Crippen LogP contribution is -2.44. The standard InChI is InChI=1S/C16H27NO2/c1-12-10-14-11-17(9-8-15(14)19-12)16(18)7-6-13-4-2-3-5-13/h12-15H,2-11H2,1H3/t12-,14-,15+/m1/s1. The van der Waals surface area contributed by atoms with Crippen LogP contribution in [0.4, 0.5) is 0 Å². The number of fused-ring (bicyclic) bond motifs is 1. The summed E-state index contributed by atoms with van der Waals surface area (Å²) in [6.45, 7) is 4.01. The number of ether oxygens (including phenoxy) is 1. The Labute approximate surface area is 116 Å². The third-order valence-electron chi connectivity index (χ3n) is 5.30. The van der Waals surface area contributed by atoms with Crippen molar-refractivity contribution in [3.8, 4) is 0 Å². The molecule has 0 unspecified atom stereocenters. The maximum absolute atomic E-state index is 12.3. The third-order valence-corrected chi connectivity index (χ3v) is 5.30. The Hall–Kier alpha value is -0.570. The van der Waals surface area contributed by atoms with Crippen molar-refractivity contribution < 1.29 is 9.53 Å². The summed E-state index contributed by atoms with van der Waals surface area (Å²) in [4.78, 5) is 14.4. The number of piperidine rings is 1. The van der Waals surface area contributed by atoms with Gasteiger partial charge in [-0.3, -0.25) is 4.79 Å². The van der Waals surface area contributed by atoms with Gasteiger partial charge >= 0.3 is 0 Å².